The van der Waals surface area contributed by atoms with Crippen LogP contribution in [0.2, 0.25) is 0 Å². The summed E-state index contributed by atoms with van der Waals surface area (Å²) in [6.07, 6.45) is 6.15. The Morgan fingerprint density at radius 2 is 1.74 bits per heavy atom. The second-order valence-corrected chi connectivity index (χ2v) is 6.76. The Labute approximate surface area is 116 Å². The van der Waals surface area contributed by atoms with Crippen LogP contribution in [0.4, 0.5) is 5.69 Å². The minimum absolute atomic E-state index is 1.01. The maximum Gasteiger partial charge on any atom is 0.0951 e. The third-order valence-electron chi connectivity index (χ3n) is 5.79. The van der Waals surface area contributed by atoms with E-state index in [0.29, 0.717) is 0 Å². The van der Waals surface area contributed by atoms with Gasteiger partial charge in [-0.05, 0) is 37.3 Å². The Morgan fingerprint density at radius 1 is 0.947 bits per heavy atom. The second kappa shape index (κ2) is 4.82. The van der Waals surface area contributed by atoms with Crippen LogP contribution >= 0.6 is 0 Å². The van der Waals surface area contributed by atoms with Gasteiger partial charge in [-0.25, -0.2) is 0 Å². The molecule has 4 rings (SSSR count). The van der Waals surface area contributed by atoms with Crippen LogP contribution in [0.5, 0.6) is 0 Å². The van der Waals surface area contributed by atoms with E-state index in [0.717, 1.165) is 17.9 Å². The van der Waals surface area contributed by atoms with Crippen molar-refractivity contribution in [1.29, 1.82) is 0 Å². The molecule has 2 bridgehead atoms. The van der Waals surface area contributed by atoms with Crippen molar-refractivity contribution in [3.8, 4) is 0 Å². The van der Waals surface area contributed by atoms with Crippen molar-refractivity contribution in [3.63, 3.8) is 0 Å². The summed E-state index contributed by atoms with van der Waals surface area (Å²) < 4.78 is 0. The average molecular weight is 257 g/mol. The molecule has 19 heavy (non-hydrogen) atoms. The van der Waals surface area contributed by atoms with Gasteiger partial charge < -0.3 is 9.80 Å². The van der Waals surface area contributed by atoms with Crippen molar-refractivity contribution in [2.75, 3.05) is 31.1 Å². The maximum atomic E-state index is 2.57. The Kier molecular flexibility index (Phi) is 2.99. The van der Waals surface area contributed by atoms with Gasteiger partial charge >= 0.3 is 0 Å². The molecule has 3 aliphatic rings. The van der Waals surface area contributed by atoms with Gasteiger partial charge in [0.25, 0.3) is 0 Å². The number of anilines is 1. The zero-order chi connectivity index (χ0) is 12.7. The molecule has 2 saturated carbocycles. The summed E-state index contributed by atoms with van der Waals surface area (Å²) in [4.78, 5) is 4.48. The maximum absolute atomic E-state index is 2.57. The normalized spacial score (nSPS) is 34.9. The molecule has 2 aliphatic carbocycles. The van der Waals surface area contributed by atoms with Gasteiger partial charge in [-0.15, -0.1) is 0 Å². The first-order chi connectivity index (χ1) is 9.40. The number of para-hydroxylation sites is 1. The highest BCUT2D eigenvalue weighted by Gasteiger charge is 2.45. The van der Waals surface area contributed by atoms with Crippen LogP contribution in [0.1, 0.15) is 25.7 Å². The molecule has 102 valence electrons. The smallest absolute Gasteiger partial charge is 0.0951 e. The van der Waals surface area contributed by atoms with Crippen molar-refractivity contribution in [3.05, 3.63) is 30.3 Å². The topological polar surface area (TPSA) is 7.68 Å². The molecule has 0 radical (unpaired) electrons. The first-order valence-corrected chi connectivity index (χ1v) is 8.05. The van der Waals surface area contributed by atoms with Crippen LogP contribution in [-0.2, 0) is 0 Å². The number of nitrogens with one attached hydrogen (secondary N) is 1. The van der Waals surface area contributed by atoms with E-state index < -0.39 is 0 Å². The number of hydrogen-bond acceptors (Lipinski definition) is 1. The van der Waals surface area contributed by atoms with E-state index in [2.05, 4.69) is 35.2 Å². The lowest BCUT2D eigenvalue weighted by atomic mass is 9.93. The van der Waals surface area contributed by atoms with Crippen molar-refractivity contribution in [2.24, 2.45) is 11.8 Å². The van der Waals surface area contributed by atoms with Gasteiger partial charge in [0.15, 0.2) is 0 Å². The van der Waals surface area contributed by atoms with Crippen molar-refractivity contribution in [1.82, 2.24) is 0 Å². The molecule has 1 aromatic carbocycles. The quantitative estimate of drug-likeness (QED) is 0.845. The highest BCUT2D eigenvalue weighted by atomic mass is 15.3. The molecule has 0 unspecified atom stereocenters. The molecular formula is C17H25N2+. The van der Waals surface area contributed by atoms with Crippen LogP contribution in [-0.4, -0.2) is 32.2 Å². The molecule has 1 N–H and O–H groups in total. The van der Waals surface area contributed by atoms with Crippen LogP contribution in [0.15, 0.2) is 30.3 Å². The number of nitrogens with zero attached hydrogens (tertiary/aromatic N) is 1. The van der Waals surface area contributed by atoms with Crippen molar-refractivity contribution < 1.29 is 4.90 Å². The Morgan fingerprint density at radius 3 is 2.37 bits per heavy atom. The molecule has 1 aromatic rings. The molecule has 2 nitrogen and oxygen atoms in total. The monoisotopic (exact) mass is 257 g/mol. The van der Waals surface area contributed by atoms with E-state index in [4.69, 9.17) is 0 Å². The molecule has 1 saturated heterocycles. The lowest BCUT2D eigenvalue weighted by molar-refractivity contribution is -0.929. The predicted molar refractivity (Wildman–Crippen MR) is 78.6 cm³/mol. The SMILES string of the molecule is c1ccc(N2CC[NH+]([C@H]3C[C@H]4CC[C@@H]3C4)CC2)cc1. The molecule has 0 amide bonds. The molecule has 3 atom stereocenters. The fourth-order valence-corrected chi connectivity index (χ4v) is 4.81. The molecule has 0 aromatic heterocycles. The van der Waals surface area contributed by atoms with E-state index >= 15 is 0 Å². The van der Waals surface area contributed by atoms with Crippen molar-refractivity contribution in [2.45, 2.75) is 31.7 Å². The number of fused-ring (bicyclic) bond motifs is 2. The highest BCUT2D eigenvalue weighted by Crippen LogP contribution is 2.43. The molecule has 3 fully saturated rings. The number of rotatable bonds is 2. The fourth-order valence-electron chi connectivity index (χ4n) is 4.81. The molecule has 0 spiro atoms. The summed E-state index contributed by atoms with van der Waals surface area (Å²) in [7, 11) is 0. The molecule has 1 heterocycles. The molecule has 2 heteroatoms. The van der Waals surface area contributed by atoms with E-state index in [1.165, 1.54) is 51.1 Å². The standard InChI is InChI=1S/C17H24N2/c1-2-4-16(5-3-1)18-8-10-19(11-9-18)17-13-14-6-7-15(17)12-14/h1-5,14-15,17H,6-13H2/p+1/t14-,15+,17-/m0/s1. The van der Waals surface area contributed by atoms with E-state index in [1.807, 2.05) is 4.90 Å². The van der Waals surface area contributed by atoms with Gasteiger partial charge in [-0.1, -0.05) is 18.2 Å². The summed E-state index contributed by atoms with van der Waals surface area (Å²) in [5.41, 5.74) is 1.41. The van der Waals surface area contributed by atoms with Gasteiger partial charge in [0, 0.05) is 18.0 Å². The largest absolute Gasteiger partial charge is 0.360 e. The van der Waals surface area contributed by atoms with Crippen LogP contribution in [0.3, 0.4) is 0 Å². The number of piperazine rings is 1. The Balaban J connectivity index is 1.38. The second-order valence-electron chi connectivity index (χ2n) is 6.76. The third kappa shape index (κ3) is 2.16. The predicted octanol–water partition coefficient (Wildman–Crippen LogP) is 1.58. The van der Waals surface area contributed by atoms with Gasteiger partial charge in [0.05, 0.1) is 32.2 Å². The Hall–Kier alpha value is -1.02. The van der Waals surface area contributed by atoms with Crippen LogP contribution < -0.4 is 9.80 Å². The van der Waals surface area contributed by atoms with Gasteiger partial charge in [-0.2, -0.15) is 0 Å². The lowest BCUT2D eigenvalue weighted by Crippen LogP contribution is -3.18. The average Bonchev–Trinajstić information content (AvgIpc) is 3.11. The van der Waals surface area contributed by atoms with E-state index in [1.54, 1.807) is 6.42 Å². The first kappa shape index (κ1) is 11.8. The lowest BCUT2D eigenvalue weighted by Gasteiger charge is -2.39. The summed E-state index contributed by atoms with van der Waals surface area (Å²) >= 11 is 0. The number of quaternary nitrogens is 1. The molecular weight excluding hydrogens is 232 g/mol. The van der Waals surface area contributed by atoms with Crippen LogP contribution in [0.25, 0.3) is 0 Å². The summed E-state index contributed by atoms with van der Waals surface area (Å²) in [6, 6.07) is 11.9. The highest BCUT2D eigenvalue weighted by molar-refractivity contribution is 5.46. The Bertz CT molecular complexity index is 422. The zero-order valence-corrected chi connectivity index (χ0v) is 11.7. The van der Waals surface area contributed by atoms with E-state index in [9.17, 15) is 0 Å². The fraction of sp³-hybridized carbons (Fsp3) is 0.647. The van der Waals surface area contributed by atoms with Crippen LogP contribution in [0, 0.1) is 11.8 Å². The first-order valence-electron chi connectivity index (χ1n) is 8.05. The zero-order valence-electron chi connectivity index (χ0n) is 11.7. The third-order valence-corrected chi connectivity index (χ3v) is 5.79. The van der Waals surface area contributed by atoms with Gasteiger partial charge in [0.2, 0.25) is 0 Å². The summed E-state index contributed by atoms with van der Waals surface area (Å²) in [6.45, 7) is 5.19. The minimum Gasteiger partial charge on any atom is -0.360 e. The minimum atomic E-state index is 1.01. The van der Waals surface area contributed by atoms with Crippen molar-refractivity contribution >= 4 is 5.69 Å². The number of benzene rings is 1. The molecule has 1 aliphatic heterocycles. The van der Waals surface area contributed by atoms with Gasteiger partial charge in [-0.3, -0.25) is 0 Å². The summed E-state index contributed by atoms with van der Waals surface area (Å²) in [5, 5.41) is 0. The summed E-state index contributed by atoms with van der Waals surface area (Å²) in [5.74, 6) is 2.16. The van der Waals surface area contributed by atoms with Gasteiger partial charge in [0.1, 0.15) is 0 Å². The number of hydrogen-bond donors (Lipinski definition) is 1. The van der Waals surface area contributed by atoms with E-state index in [-0.39, 0.29) is 0 Å².